The van der Waals surface area contributed by atoms with E-state index in [4.69, 9.17) is 5.11 Å². The number of carbonyl (C=O) groups excluding carboxylic acids is 1. The van der Waals surface area contributed by atoms with E-state index >= 15 is 0 Å². The third-order valence-corrected chi connectivity index (χ3v) is 3.78. The molecule has 1 atom stereocenters. The summed E-state index contributed by atoms with van der Waals surface area (Å²) in [5.74, 6) is -1.52. The number of aliphatic carboxylic acids is 1. The van der Waals surface area contributed by atoms with Crippen LogP contribution < -0.4 is 5.32 Å². The molecule has 114 valence electrons. The third kappa shape index (κ3) is 3.89. The molecule has 0 spiro atoms. The molecule has 0 aliphatic carbocycles. The second-order valence-electron chi connectivity index (χ2n) is 4.45. The first-order valence-corrected chi connectivity index (χ1v) is 7.16. The average molecular weight is 320 g/mol. The normalized spacial score (nSPS) is 11.6. The maximum Gasteiger partial charge on any atom is 0.305 e. The van der Waals surface area contributed by atoms with Crippen molar-refractivity contribution in [2.45, 2.75) is 12.5 Å². The van der Waals surface area contributed by atoms with Crippen LogP contribution in [0.25, 0.3) is 0 Å². The first-order chi connectivity index (χ1) is 10.5. The summed E-state index contributed by atoms with van der Waals surface area (Å²) in [6.07, 6.45) is -0.363. The van der Waals surface area contributed by atoms with E-state index in [2.05, 4.69) is 5.32 Å². The second-order valence-corrected chi connectivity index (χ2v) is 5.40. The molecule has 0 fully saturated rings. The Morgan fingerprint density at radius 3 is 2.68 bits per heavy atom. The number of nitro benzene ring substituents is 1. The van der Waals surface area contributed by atoms with Crippen LogP contribution >= 0.6 is 11.3 Å². The van der Waals surface area contributed by atoms with Crippen LogP contribution in [0.15, 0.2) is 41.8 Å². The Hall–Kier alpha value is -2.74. The van der Waals surface area contributed by atoms with Gasteiger partial charge in [0.05, 0.1) is 22.3 Å². The molecule has 0 aliphatic rings. The summed E-state index contributed by atoms with van der Waals surface area (Å²) >= 11 is 1.23. The number of hydrogen-bond acceptors (Lipinski definition) is 5. The fourth-order valence-electron chi connectivity index (χ4n) is 1.92. The van der Waals surface area contributed by atoms with Crippen molar-refractivity contribution in [2.75, 3.05) is 0 Å². The van der Waals surface area contributed by atoms with Crippen LogP contribution in [-0.2, 0) is 4.79 Å². The van der Waals surface area contributed by atoms with E-state index in [-0.39, 0.29) is 12.1 Å². The number of nitrogens with zero attached hydrogens (tertiary/aromatic N) is 1. The molecular weight excluding hydrogens is 308 g/mol. The Balaban J connectivity index is 2.26. The van der Waals surface area contributed by atoms with E-state index in [1.54, 1.807) is 23.6 Å². The lowest BCUT2D eigenvalue weighted by Gasteiger charge is -2.16. The molecular formula is C14H12N2O5S. The molecule has 1 heterocycles. The highest BCUT2D eigenvalue weighted by Gasteiger charge is 2.21. The number of nitrogens with one attached hydrogen (secondary N) is 1. The summed E-state index contributed by atoms with van der Waals surface area (Å²) in [6, 6.07) is 8.07. The number of amides is 1. The fourth-order valence-corrected chi connectivity index (χ4v) is 2.55. The molecule has 1 unspecified atom stereocenters. The van der Waals surface area contributed by atoms with Crippen LogP contribution in [-0.4, -0.2) is 21.9 Å². The Morgan fingerprint density at radius 2 is 2.09 bits per heavy atom. The summed E-state index contributed by atoms with van der Waals surface area (Å²) < 4.78 is 0. The van der Waals surface area contributed by atoms with Gasteiger partial charge in [-0.25, -0.2) is 0 Å². The van der Waals surface area contributed by atoms with E-state index in [1.165, 1.54) is 29.5 Å². The molecule has 7 nitrogen and oxygen atoms in total. The lowest BCUT2D eigenvalue weighted by atomic mass is 10.0. The Morgan fingerprint density at radius 1 is 1.32 bits per heavy atom. The first kappa shape index (κ1) is 15.6. The van der Waals surface area contributed by atoms with Crippen molar-refractivity contribution in [3.05, 3.63) is 62.3 Å². The number of benzene rings is 1. The standard InChI is InChI=1S/C14H12N2O5S/c17-13(18)8-11(15-14(19)12-5-2-6-22-12)9-3-1-4-10(7-9)16(20)21/h1-7,11H,8H2,(H,15,19)(H,17,18). The monoisotopic (exact) mass is 320 g/mol. The Kier molecular flexibility index (Phi) is 4.84. The van der Waals surface area contributed by atoms with Crippen molar-refractivity contribution in [3.8, 4) is 0 Å². The molecule has 0 saturated heterocycles. The third-order valence-electron chi connectivity index (χ3n) is 2.91. The zero-order chi connectivity index (χ0) is 16.1. The van der Waals surface area contributed by atoms with E-state index < -0.39 is 22.8 Å². The lowest BCUT2D eigenvalue weighted by Crippen LogP contribution is -2.29. The van der Waals surface area contributed by atoms with Crippen LogP contribution in [0, 0.1) is 10.1 Å². The molecule has 2 rings (SSSR count). The summed E-state index contributed by atoms with van der Waals surface area (Å²) in [5.41, 5.74) is 0.222. The highest BCUT2D eigenvalue weighted by Crippen LogP contribution is 2.23. The first-order valence-electron chi connectivity index (χ1n) is 6.28. The largest absolute Gasteiger partial charge is 0.481 e. The van der Waals surface area contributed by atoms with Gasteiger partial charge in [-0.05, 0) is 17.0 Å². The zero-order valence-electron chi connectivity index (χ0n) is 11.3. The molecule has 0 bridgehead atoms. The summed E-state index contributed by atoms with van der Waals surface area (Å²) in [4.78, 5) is 33.7. The Labute approximate surface area is 129 Å². The maximum atomic E-state index is 12.1. The van der Waals surface area contributed by atoms with Gasteiger partial charge in [-0.15, -0.1) is 11.3 Å². The van der Waals surface area contributed by atoms with E-state index in [0.717, 1.165) is 0 Å². The SMILES string of the molecule is O=C(O)CC(NC(=O)c1cccs1)c1cccc([N+](=O)[O-])c1. The number of carboxylic acid groups (broad SMARTS) is 1. The smallest absolute Gasteiger partial charge is 0.305 e. The number of carboxylic acids is 1. The average Bonchev–Trinajstić information content (AvgIpc) is 3.00. The summed E-state index contributed by atoms with van der Waals surface area (Å²) in [5, 5.41) is 24.1. The predicted molar refractivity (Wildman–Crippen MR) is 79.9 cm³/mol. The number of hydrogen-bond donors (Lipinski definition) is 2. The van der Waals surface area contributed by atoms with Gasteiger partial charge in [0.1, 0.15) is 0 Å². The van der Waals surface area contributed by atoms with E-state index in [1.807, 2.05) is 0 Å². The molecule has 2 N–H and O–H groups in total. The van der Waals surface area contributed by atoms with Crippen molar-refractivity contribution in [3.63, 3.8) is 0 Å². The van der Waals surface area contributed by atoms with Gasteiger partial charge in [0.25, 0.3) is 11.6 Å². The number of non-ortho nitro benzene ring substituents is 1. The van der Waals surface area contributed by atoms with Crippen LogP contribution in [0.2, 0.25) is 0 Å². The van der Waals surface area contributed by atoms with Gasteiger partial charge in [-0.3, -0.25) is 19.7 Å². The topological polar surface area (TPSA) is 110 Å². The van der Waals surface area contributed by atoms with Crippen LogP contribution in [0.4, 0.5) is 5.69 Å². The predicted octanol–water partition coefficient (Wildman–Crippen LogP) is 2.60. The molecule has 1 aromatic heterocycles. The van der Waals surface area contributed by atoms with E-state index in [9.17, 15) is 19.7 Å². The van der Waals surface area contributed by atoms with Gasteiger partial charge in [0.15, 0.2) is 0 Å². The van der Waals surface area contributed by atoms with Gasteiger partial charge < -0.3 is 10.4 Å². The van der Waals surface area contributed by atoms with Crippen LogP contribution in [0.5, 0.6) is 0 Å². The fraction of sp³-hybridized carbons (Fsp3) is 0.143. The quantitative estimate of drug-likeness (QED) is 0.628. The van der Waals surface area contributed by atoms with Crippen molar-refractivity contribution in [1.29, 1.82) is 0 Å². The van der Waals surface area contributed by atoms with Gasteiger partial charge in [0.2, 0.25) is 0 Å². The second kappa shape index (κ2) is 6.81. The summed E-state index contributed by atoms with van der Waals surface area (Å²) in [6.45, 7) is 0. The molecule has 8 heteroatoms. The minimum atomic E-state index is -1.11. The number of nitro groups is 1. The highest BCUT2D eigenvalue weighted by atomic mass is 32.1. The Bertz CT molecular complexity index is 699. The van der Waals surface area contributed by atoms with Gasteiger partial charge in [0, 0.05) is 12.1 Å². The van der Waals surface area contributed by atoms with Crippen molar-refractivity contribution >= 4 is 28.9 Å². The zero-order valence-corrected chi connectivity index (χ0v) is 12.1. The lowest BCUT2D eigenvalue weighted by molar-refractivity contribution is -0.384. The molecule has 1 amide bonds. The van der Waals surface area contributed by atoms with Gasteiger partial charge in [-0.1, -0.05) is 18.2 Å². The summed E-state index contributed by atoms with van der Waals surface area (Å²) in [7, 11) is 0. The molecule has 0 aliphatic heterocycles. The molecule has 1 aromatic carbocycles. The number of rotatable bonds is 6. The van der Waals surface area contributed by atoms with E-state index in [0.29, 0.717) is 10.4 Å². The molecule has 22 heavy (non-hydrogen) atoms. The van der Waals surface area contributed by atoms with Crippen molar-refractivity contribution in [1.82, 2.24) is 5.32 Å². The van der Waals surface area contributed by atoms with Gasteiger partial charge in [-0.2, -0.15) is 0 Å². The number of thiophene rings is 1. The number of carbonyl (C=O) groups is 2. The van der Waals surface area contributed by atoms with Crippen LogP contribution in [0.1, 0.15) is 27.7 Å². The van der Waals surface area contributed by atoms with Crippen molar-refractivity contribution < 1.29 is 19.6 Å². The van der Waals surface area contributed by atoms with Crippen molar-refractivity contribution in [2.24, 2.45) is 0 Å². The molecule has 2 aromatic rings. The maximum absolute atomic E-state index is 12.1. The molecule has 0 saturated carbocycles. The van der Waals surface area contributed by atoms with Crippen LogP contribution in [0.3, 0.4) is 0 Å². The highest BCUT2D eigenvalue weighted by molar-refractivity contribution is 7.12. The minimum Gasteiger partial charge on any atom is -0.481 e. The van der Waals surface area contributed by atoms with Gasteiger partial charge >= 0.3 is 5.97 Å². The molecule has 0 radical (unpaired) electrons. The minimum absolute atomic E-state index is 0.154.